The van der Waals surface area contributed by atoms with Gasteiger partial charge in [0.1, 0.15) is 0 Å². The lowest BCUT2D eigenvalue weighted by Gasteiger charge is -2.38. The fourth-order valence-electron chi connectivity index (χ4n) is 3.29. The van der Waals surface area contributed by atoms with Crippen LogP contribution in [0.1, 0.15) is 37.0 Å². The number of benzene rings is 1. The number of rotatable bonds is 2. The van der Waals surface area contributed by atoms with E-state index in [9.17, 15) is 9.59 Å². The molecule has 0 bridgehead atoms. The molecule has 3 atom stereocenters. The summed E-state index contributed by atoms with van der Waals surface area (Å²) in [5.41, 5.74) is 6.91. The molecule has 2 aliphatic heterocycles. The number of likely N-dealkylation sites (tertiary alicyclic amines) is 1. The van der Waals surface area contributed by atoms with E-state index in [-0.39, 0.29) is 30.3 Å². The number of fused-ring (bicyclic) bond motifs is 1. The first-order valence-corrected chi connectivity index (χ1v) is 8.12. The summed E-state index contributed by atoms with van der Waals surface area (Å²) in [6.45, 7) is 5.02. The summed E-state index contributed by atoms with van der Waals surface area (Å²) in [7, 11) is 0. The van der Waals surface area contributed by atoms with Gasteiger partial charge < -0.3 is 20.7 Å². The van der Waals surface area contributed by atoms with Crippen LogP contribution in [0.15, 0.2) is 18.2 Å². The van der Waals surface area contributed by atoms with Crippen LogP contribution in [0.25, 0.3) is 0 Å². The van der Waals surface area contributed by atoms with Gasteiger partial charge in [-0.05, 0) is 37.8 Å². The Balaban J connectivity index is 0.00000208. The maximum atomic E-state index is 13.0. The SMILES string of the molecule is CC1CCN(C(=O)c2cccc3c2OC(C)C(=O)N3)C(CN)C1.Cl. The number of hydrogen-bond donors (Lipinski definition) is 2. The Bertz CT molecular complexity index is 638. The highest BCUT2D eigenvalue weighted by Crippen LogP contribution is 2.35. The predicted octanol–water partition coefficient (Wildman–Crippen LogP) is 2.03. The molecule has 24 heavy (non-hydrogen) atoms. The van der Waals surface area contributed by atoms with Gasteiger partial charge in [-0.3, -0.25) is 9.59 Å². The molecule has 2 amide bonds. The number of ether oxygens (including phenoxy) is 1. The van der Waals surface area contributed by atoms with E-state index in [0.717, 1.165) is 12.8 Å². The molecular weight excluding hydrogens is 330 g/mol. The van der Waals surface area contributed by atoms with Gasteiger partial charge in [-0.2, -0.15) is 0 Å². The number of halogens is 1. The predicted molar refractivity (Wildman–Crippen MR) is 94.7 cm³/mol. The zero-order valence-corrected chi connectivity index (χ0v) is 14.8. The number of nitrogens with one attached hydrogen (secondary N) is 1. The number of amides is 2. The second-order valence-electron chi connectivity index (χ2n) is 6.45. The van der Waals surface area contributed by atoms with Crippen LogP contribution in [0.5, 0.6) is 5.75 Å². The zero-order chi connectivity index (χ0) is 16.6. The minimum Gasteiger partial charge on any atom is -0.478 e. The number of carbonyl (C=O) groups is 2. The van der Waals surface area contributed by atoms with Crippen LogP contribution in [0.3, 0.4) is 0 Å². The van der Waals surface area contributed by atoms with Crippen molar-refractivity contribution >= 4 is 29.9 Å². The fourth-order valence-corrected chi connectivity index (χ4v) is 3.29. The molecule has 1 aromatic rings. The van der Waals surface area contributed by atoms with Gasteiger partial charge in [0.2, 0.25) is 0 Å². The molecule has 0 aromatic heterocycles. The number of nitrogens with two attached hydrogens (primary N) is 1. The van der Waals surface area contributed by atoms with Crippen LogP contribution in [0, 0.1) is 5.92 Å². The van der Waals surface area contributed by atoms with Gasteiger partial charge in [0.05, 0.1) is 11.3 Å². The standard InChI is InChI=1S/C17H23N3O3.ClH/c1-10-6-7-20(12(8-10)9-18)17(22)13-4-3-5-14-15(13)23-11(2)16(21)19-14;/h3-5,10-12H,6-9,18H2,1-2H3,(H,19,21);1H. The number of nitrogens with zero attached hydrogens (tertiary/aromatic N) is 1. The second-order valence-corrected chi connectivity index (χ2v) is 6.45. The summed E-state index contributed by atoms with van der Waals surface area (Å²) in [5.74, 6) is 0.758. The van der Waals surface area contributed by atoms with Crippen molar-refractivity contribution < 1.29 is 14.3 Å². The smallest absolute Gasteiger partial charge is 0.265 e. The van der Waals surface area contributed by atoms with E-state index in [2.05, 4.69) is 12.2 Å². The lowest BCUT2D eigenvalue weighted by Crippen LogP contribution is -2.49. The normalized spacial score (nSPS) is 25.9. The number of para-hydroxylation sites is 1. The minimum atomic E-state index is -0.608. The molecule has 0 aliphatic carbocycles. The van der Waals surface area contributed by atoms with Crippen LogP contribution >= 0.6 is 12.4 Å². The molecule has 0 spiro atoms. The summed E-state index contributed by atoms with van der Waals surface area (Å²) in [6, 6.07) is 5.30. The van der Waals surface area contributed by atoms with Gasteiger partial charge in [-0.25, -0.2) is 0 Å². The molecule has 2 aliphatic rings. The Labute approximate surface area is 148 Å². The maximum absolute atomic E-state index is 13.0. The highest BCUT2D eigenvalue weighted by molar-refractivity contribution is 6.04. The van der Waals surface area contributed by atoms with Crippen molar-refractivity contribution in [2.75, 3.05) is 18.4 Å². The van der Waals surface area contributed by atoms with Crippen molar-refractivity contribution in [2.45, 2.75) is 38.8 Å². The van der Waals surface area contributed by atoms with E-state index < -0.39 is 6.10 Å². The first-order valence-electron chi connectivity index (χ1n) is 8.12. The lowest BCUT2D eigenvalue weighted by atomic mass is 9.91. The molecule has 3 N–H and O–H groups in total. The molecule has 3 rings (SSSR count). The van der Waals surface area contributed by atoms with Crippen LogP contribution in [-0.4, -0.2) is 41.9 Å². The van der Waals surface area contributed by atoms with E-state index in [1.54, 1.807) is 25.1 Å². The van der Waals surface area contributed by atoms with E-state index in [4.69, 9.17) is 10.5 Å². The topological polar surface area (TPSA) is 84.7 Å². The third kappa shape index (κ3) is 3.35. The van der Waals surface area contributed by atoms with E-state index in [1.165, 1.54) is 0 Å². The van der Waals surface area contributed by atoms with Gasteiger partial charge in [-0.15, -0.1) is 12.4 Å². The summed E-state index contributed by atoms with van der Waals surface area (Å²) < 4.78 is 5.69. The third-order valence-corrected chi connectivity index (χ3v) is 4.68. The molecule has 1 aromatic carbocycles. The number of carbonyl (C=O) groups excluding carboxylic acids is 2. The number of hydrogen-bond acceptors (Lipinski definition) is 4. The summed E-state index contributed by atoms with van der Waals surface area (Å²) in [4.78, 5) is 26.6. The van der Waals surface area contributed by atoms with Gasteiger partial charge in [0.15, 0.2) is 11.9 Å². The lowest BCUT2D eigenvalue weighted by molar-refractivity contribution is -0.122. The summed E-state index contributed by atoms with van der Waals surface area (Å²) in [5, 5.41) is 2.78. The summed E-state index contributed by atoms with van der Waals surface area (Å²) >= 11 is 0. The van der Waals surface area contributed by atoms with Crippen molar-refractivity contribution in [2.24, 2.45) is 11.7 Å². The second kappa shape index (κ2) is 7.40. The molecule has 0 saturated carbocycles. The highest BCUT2D eigenvalue weighted by atomic mass is 35.5. The molecule has 2 heterocycles. The maximum Gasteiger partial charge on any atom is 0.265 e. The Hall–Kier alpha value is -1.79. The molecule has 3 unspecified atom stereocenters. The monoisotopic (exact) mass is 353 g/mol. The quantitative estimate of drug-likeness (QED) is 0.852. The van der Waals surface area contributed by atoms with E-state index >= 15 is 0 Å². The Morgan fingerprint density at radius 2 is 2.17 bits per heavy atom. The molecule has 7 heteroatoms. The average Bonchev–Trinajstić information content (AvgIpc) is 2.54. The number of piperidine rings is 1. The van der Waals surface area contributed by atoms with E-state index in [0.29, 0.717) is 36.0 Å². The summed E-state index contributed by atoms with van der Waals surface area (Å²) in [6.07, 6.45) is 1.29. The van der Waals surface area contributed by atoms with Gasteiger partial charge in [-0.1, -0.05) is 13.0 Å². The Kier molecular flexibility index (Phi) is 5.72. The highest BCUT2D eigenvalue weighted by Gasteiger charge is 2.33. The average molecular weight is 354 g/mol. The largest absolute Gasteiger partial charge is 0.478 e. The minimum absolute atomic E-state index is 0. The van der Waals surface area contributed by atoms with Crippen molar-refractivity contribution in [3.05, 3.63) is 23.8 Å². The zero-order valence-electron chi connectivity index (χ0n) is 14.0. The van der Waals surface area contributed by atoms with Crippen molar-refractivity contribution in [3.63, 3.8) is 0 Å². The van der Waals surface area contributed by atoms with Crippen molar-refractivity contribution in [3.8, 4) is 5.75 Å². The van der Waals surface area contributed by atoms with Crippen LogP contribution in [0.2, 0.25) is 0 Å². The Morgan fingerprint density at radius 1 is 1.42 bits per heavy atom. The van der Waals surface area contributed by atoms with Gasteiger partial charge in [0, 0.05) is 19.1 Å². The first-order chi connectivity index (χ1) is 11.0. The van der Waals surface area contributed by atoms with E-state index in [1.807, 2.05) is 4.90 Å². The number of anilines is 1. The molecule has 1 saturated heterocycles. The van der Waals surface area contributed by atoms with Crippen molar-refractivity contribution in [1.29, 1.82) is 0 Å². The van der Waals surface area contributed by atoms with Crippen LogP contribution < -0.4 is 15.8 Å². The first kappa shape index (κ1) is 18.5. The van der Waals surface area contributed by atoms with Crippen LogP contribution in [-0.2, 0) is 4.79 Å². The van der Waals surface area contributed by atoms with Gasteiger partial charge in [0.25, 0.3) is 11.8 Å². The molecular formula is C17H24ClN3O3. The van der Waals surface area contributed by atoms with Crippen molar-refractivity contribution in [1.82, 2.24) is 4.90 Å². The molecule has 6 nitrogen and oxygen atoms in total. The Morgan fingerprint density at radius 3 is 2.88 bits per heavy atom. The molecule has 0 radical (unpaired) electrons. The third-order valence-electron chi connectivity index (χ3n) is 4.68. The van der Waals surface area contributed by atoms with Crippen LogP contribution in [0.4, 0.5) is 5.69 Å². The molecule has 1 fully saturated rings. The molecule has 132 valence electrons. The van der Waals surface area contributed by atoms with Gasteiger partial charge >= 0.3 is 0 Å². The fraction of sp³-hybridized carbons (Fsp3) is 0.529.